The molecule has 4 rings (SSSR count). The first-order valence-corrected chi connectivity index (χ1v) is 11.0. The number of hydrogen-bond acceptors (Lipinski definition) is 4. The van der Waals surface area contributed by atoms with Gasteiger partial charge in [0.15, 0.2) is 5.54 Å². The van der Waals surface area contributed by atoms with Crippen LogP contribution in [0.4, 0.5) is 5.69 Å². The number of hydrogen-bond donors (Lipinski definition) is 1. The van der Waals surface area contributed by atoms with Crippen molar-refractivity contribution >= 4 is 40.7 Å². The van der Waals surface area contributed by atoms with E-state index in [0.717, 1.165) is 12.8 Å². The number of anilines is 1. The van der Waals surface area contributed by atoms with E-state index in [2.05, 4.69) is 5.32 Å². The fourth-order valence-electron chi connectivity index (χ4n) is 4.82. The highest BCUT2D eigenvalue weighted by Crippen LogP contribution is 2.51. The van der Waals surface area contributed by atoms with Crippen molar-refractivity contribution in [3.05, 3.63) is 57.6 Å². The Balaban J connectivity index is 2.04. The van der Waals surface area contributed by atoms with Crippen molar-refractivity contribution in [2.75, 3.05) is 33.1 Å². The summed E-state index contributed by atoms with van der Waals surface area (Å²) >= 11 is 12.7. The van der Waals surface area contributed by atoms with Crippen molar-refractivity contribution in [3.8, 4) is 5.75 Å². The van der Waals surface area contributed by atoms with E-state index in [1.165, 1.54) is 0 Å². The Morgan fingerprint density at radius 2 is 1.87 bits per heavy atom. The molecule has 1 unspecified atom stereocenters. The van der Waals surface area contributed by atoms with Crippen LogP contribution in [0.15, 0.2) is 36.4 Å². The average molecular weight is 462 g/mol. The molecule has 164 valence electrons. The maximum Gasteiger partial charge on any atom is 0.254 e. The van der Waals surface area contributed by atoms with Crippen molar-refractivity contribution in [2.24, 2.45) is 0 Å². The largest absolute Gasteiger partial charge is 0.496 e. The zero-order valence-electron chi connectivity index (χ0n) is 17.7. The predicted molar refractivity (Wildman–Crippen MR) is 122 cm³/mol. The van der Waals surface area contributed by atoms with Crippen molar-refractivity contribution in [2.45, 2.75) is 30.8 Å². The van der Waals surface area contributed by atoms with Gasteiger partial charge >= 0.3 is 0 Å². The van der Waals surface area contributed by atoms with E-state index >= 15 is 0 Å². The molecule has 2 aromatic carbocycles. The molecule has 1 N–H and O–H groups in total. The number of amides is 2. The second kappa shape index (κ2) is 8.34. The highest BCUT2D eigenvalue weighted by molar-refractivity contribution is 6.42. The van der Waals surface area contributed by atoms with Crippen LogP contribution < -0.4 is 10.1 Å². The van der Waals surface area contributed by atoms with E-state index in [4.69, 9.17) is 27.9 Å². The number of rotatable bonds is 4. The van der Waals surface area contributed by atoms with Crippen LogP contribution >= 0.6 is 23.2 Å². The molecule has 2 heterocycles. The highest BCUT2D eigenvalue weighted by atomic mass is 35.5. The second-order valence-electron chi connectivity index (χ2n) is 8.11. The Kier molecular flexibility index (Phi) is 5.90. The van der Waals surface area contributed by atoms with E-state index < -0.39 is 11.6 Å². The minimum Gasteiger partial charge on any atom is -0.496 e. The quantitative estimate of drug-likeness (QED) is 0.742. The number of piperidine rings is 1. The first kappa shape index (κ1) is 21.9. The van der Waals surface area contributed by atoms with E-state index in [1.807, 2.05) is 29.2 Å². The van der Waals surface area contributed by atoms with E-state index in [0.29, 0.717) is 45.6 Å². The predicted octanol–water partition coefficient (Wildman–Crippen LogP) is 4.14. The molecule has 2 aliphatic rings. The summed E-state index contributed by atoms with van der Waals surface area (Å²) in [5.74, 6) is 0.289. The Morgan fingerprint density at radius 1 is 1.16 bits per heavy atom. The van der Waals surface area contributed by atoms with Crippen LogP contribution in [0.1, 0.15) is 30.4 Å². The van der Waals surface area contributed by atoms with Gasteiger partial charge in [0.25, 0.3) is 5.91 Å². The molecule has 0 bridgehead atoms. The molecule has 6 nitrogen and oxygen atoms in total. The van der Waals surface area contributed by atoms with Crippen molar-refractivity contribution < 1.29 is 14.3 Å². The number of carbonyl (C=O) groups is 2. The van der Waals surface area contributed by atoms with Crippen molar-refractivity contribution in [3.63, 3.8) is 0 Å². The summed E-state index contributed by atoms with van der Waals surface area (Å²) in [5.41, 5.74) is 0.666. The van der Waals surface area contributed by atoms with Crippen molar-refractivity contribution in [1.29, 1.82) is 0 Å². The van der Waals surface area contributed by atoms with Gasteiger partial charge in [-0.1, -0.05) is 47.8 Å². The van der Waals surface area contributed by atoms with Gasteiger partial charge < -0.3 is 15.0 Å². The SMILES string of the molecule is COc1ccccc1C1(N2CCCC[C@H]2C(=O)N(C)C)C(=O)Nc2cc(Cl)c(Cl)cc21. The lowest BCUT2D eigenvalue weighted by Crippen LogP contribution is -2.61. The number of para-hydroxylation sites is 1. The van der Waals surface area contributed by atoms with Gasteiger partial charge in [-0.3, -0.25) is 14.5 Å². The van der Waals surface area contributed by atoms with Crippen molar-refractivity contribution in [1.82, 2.24) is 9.80 Å². The summed E-state index contributed by atoms with van der Waals surface area (Å²) in [5, 5.41) is 3.70. The maximum atomic E-state index is 13.9. The number of likely N-dealkylation sites (tertiary alicyclic amines) is 1. The summed E-state index contributed by atoms with van der Waals surface area (Å²) in [6.07, 6.45) is 2.45. The third kappa shape index (κ3) is 3.37. The summed E-state index contributed by atoms with van der Waals surface area (Å²) < 4.78 is 5.67. The molecule has 1 saturated heterocycles. The number of halogens is 2. The molecule has 0 aromatic heterocycles. The molecule has 2 amide bonds. The van der Waals surface area contributed by atoms with Gasteiger partial charge in [0.2, 0.25) is 5.91 Å². The van der Waals surface area contributed by atoms with Gasteiger partial charge in [0, 0.05) is 37.5 Å². The number of carbonyl (C=O) groups excluding carboxylic acids is 2. The molecule has 8 heteroatoms. The second-order valence-corrected chi connectivity index (χ2v) is 8.93. The van der Waals surface area contributed by atoms with Gasteiger partial charge in [0.1, 0.15) is 5.75 Å². The molecule has 1 fully saturated rings. The number of likely N-dealkylation sites (N-methyl/N-ethyl adjacent to an activating group) is 1. The number of benzene rings is 2. The Hall–Kier alpha value is -2.28. The molecule has 0 spiro atoms. The molecule has 2 atom stereocenters. The topological polar surface area (TPSA) is 61.9 Å². The van der Waals surface area contributed by atoms with Crippen LogP contribution in [0.3, 0.4) is 0 Å². The number of nitrogens with one attached hydrogen (secondary N) is 1. The van der Waals surface area contributed by atoms with Crippen LogP contribution in [0.2, 0.25) is 10.0 Å². The molecular weight excluding hydrogens is 437 g/mol. The maximum absolute atomic E-state index is 13.9. The minimum absolute atomic E-state index is 0.0321. The summed E-state index contributed by atoms with van der Waals surface area (Å²) in [6.45, 7) is 0.579. The zero-order valence-corrected chi connectivity index (χ0v) is 19.3. The minimum atomic E-state index is -1.27. The third-order valence-corrected chi connectivity index (χ3v) is 6.91. The van der Waals surface area contributed by atoms with Crippen LogP contribution in [0.25, 0.3) is 0 Å². The molecule has 0 aliphatic carbocycles. The molecule has 0 radical (unpaired) electrons. The fourth-order valence-corrected chi connectivity index (χ4v) is 5.15. The first-order chi connectivity index (χ1) is 14.8. The van der Waals surface area contributed by atoms with E-state index in [-0.39, 0.29) is 11.8 Å². The first-order valence-electron chi connectivity index (χ1n) is 10.2. The molecule has 31 heavy (non-hydrogen) atoms. The van der Waals surface area contributed by atoms with Crippen LogP contribution in [0, 0.1) is 0 Å². The molecule has 2 aromatic rings. The average Bonchev–Trinajstić information content (AvgIpc) is 3.04. The Morgan fingerprint density at radius 3 is 2.58 bits per heavy atom. The number of ether oxygens (including phenoxy) is 1. The Bertz CT molecular complexity index is 1040. The number of fused-ring (bicyclic) bond motifs is 1. The smallest absolute Gasteiger partial charge is 0.254 e. The number of methoxy groups -OCH3 is 1. The normalized spacial score (nSPS) is 23.3. The molecule has 2 aliphatic heterocycles. The summed E-state index contributed by atoms with van der Waals surface area (Å²) in [7, 11) is 5.06. The molecule has 0 saturated carbocycles. The number of nitrogens with zero attached hydrogens (tertiary/aromatic N) is 2. The van der Waals surface area contributed by atoms with E-state index in [9.17, 15) is 9.59 Å². The Labute approximate surface area is 192 Å². The fraction of sp³-hybridized carbons (Fsp3) is 0.391. The lowest BCUT2D eigenvalue weighted by Gasteiger charge is -2.47. The van der Waals surface area contributed by atoms with Gasteiger partial charge in [-0.25, -0.2) is 0 Å². The monoisotopic (exact) mass is 461 g/mol. The molecular formula is C23H25Cl2N3O3. The van der Waals surface area contributed by atoms with Gasteiger partial charge in [-0.2, -0.15) is 0 Å². The van der Waals surface area contributed by atoms with Crippen LogP contribution in [-0.4, -0.2) is 55.4 Å². The highest BCUT2D eigenvalue weighted by Gasteiger charge is 2.57. The zero-order chi connectivity index (χ0) is 22.3. The van der Waals surface area contributed by atoms with E-state index in [1.54, 1.807) is 38.2 Å². The lowest BCUT2D eigenvalue weighted by molar-refractivity contribution is -0.142. The summed E-state index contributed by atoms with van der Waals surface area (Å²) in [4.78, 5) is 30.7. The van der Waals surface area contributed by atoms with Gasteiger partial charge in [0.05, 0.1) is 23.2 Å². The van der Waals surface area contributed by atoms with Gasteiger partial charge in [-0.15, -0.1) is 0 Å². The van der Waals surface area contributed by atoms with Crippen LogP contribution in [0.5, 0.6) is 5.75 Å². The lowest BCUT2D eigenvalue weighted by atomic mass is 9.78. The van der Waals surface area contributed by atoms with Gasteiger partial charge in [-0.05, 0) is 31.0 Å². The third-order valence-electron chi connectivity index (χ3n) is 6.18. The standard InChI is InChI=1S/C23H25Cl2N3O3/c1-27(2)21(29)19-9-6-7-11-28(19)23(14-8-4-5-10-20(14)31-3)15-12-16(24)17(25)13-18(15)26-22(23)30/h4-5,8,10,12-13,19H,6-7,9,11H2,1-3H3,(H,26,30)/t19-,23?/m0/s1. The van der Waals surface area contributed by atoms with Crippen LogP contribution in [-0.2, 0) is 15.1 Å². The summed E-state index contributed by atoms with van der Waals surface area (Å²) in [6, 6.07) is 10.4.